The maximum atomic E-state index is 11.8. The predicted octanol–water partition coefficient (Wildman–Crippen LogP) is 2.73. The number of carboxylic acids is 1. The van der Waals surface area contributed by atoms with E-state index in [0.29, 0.717) is 5.69 Å². The number of anilines is 1. The Labute approximate surface area is 140 Å². The largest absolute Gasteiger partial charge is 0.477 e. The van der Waals surface area contributed by atoms with Crippen LogP contribution in [0.4, 0.5) is 5.69 Å². The second-order valence-corrected chi connectivity index (χ2v) is 6.63. The highest BCUT2D eigenvalue weighted by Gasteiger charge is 2.38. The van der Waals surface area contributed by atoms with Crippen molar-refractivity contribution in [3.8, 4) is 0 Å². The Hall–Kier alpha value is -2.87. The summed E-state index contributed by atoms with van der Waals surface area (Å²) in [7, 11) is 0. The van der Waals surface area contributed by atoms with Crippen LogP contribution in [-0.4, -0.2) is 28.8 Å². The number of carbonyl (C=O) groups excluding carboxylic acids is 2. The number of benzene rings is 1. The number of aromatic carboxylic acids is 1. The van der Waals surface area contributed by atoms with Crippen LogP contribution in [0, 0.1) is 0 Å². The van der Waals surface area contributed by atoms with Crippen molar-refractivity contribution in [3.05, 3.63) is 40.9 Å². The van der Waals surface area contributed by atoms with Crippen molar-refractivity contribution in [1.29, 1.82) is 0 Å². The summed E-state index contributed by atoms with van der Waals surface area (Å²) < 4.78 is 10.8. The fourth-order valence-corrected chi connectivity index (χ4v) is 3.05. The third-order valence-electron chi connectivity index (χ3n) is 3.23. The minimum absolute atomic E-state index is 0.238. The lowest BCUT2D eigenvalue weighted by molar-refractivity contribution is -0.222. The molecule has 124 valence electrons. The molecule has 0 amide bonds. The van der Waals surface area contributed by atoms with Crippen LogP contribution >= 0.6 is 11.3 Å². The van der Waals surface area contributed by atoms with E-state index >= 15 is 0 Å². The highest BCUT2D eigenvalue weighted by Crippen LogP contribution is 2.28. The standard InChI is InChI=1S/C16H13NO6S/c1-16(2)22-14(20)10(15(21)23-16)7-17-9-3-4-11-8(5-9)6-12(24-11)13(18)19/h3-7,17H,1-2H3,(H,18,19). The molecule has 0 bridgehead atoms. The number of rotatable bonds is 3. The maximum Gasteiger partial charge on any atom is 0.350 e. The number of fused-ring (bicyclic) bond motifs is 1. The minimum atomic E-state index is -1.28. The van der Waals surface area contributed by atoms with Crippen molar-refractivity contribution in [2.75, 3.05) is 5.32 Å². The number of nitrogens with one attached hydrogen (secondary N) is 1. The van der Waals surface area contributed by atoms with Crippen molar-refractivity contribution in [2.24, 2.45) is 0 Å². The average molecular weight is 347 g/mol. The number of ether oxygens (including phenoxy) is 2. The zero-order valence-corrected chi connectivity index (χ0v) is 13.6. The highest BCUT2D eigenvalue weighted by atomic mass is 32.1. The summed E-state index contributed by atoms with van der Waals surface area (Å²) >= 11 is 1.17. The molecule has 0 saturated carbocycles. The van der Waals surface area contributed by atoms with Gasteiger partial charge in [0.15, 0.2) is 5.57 Å². The van der Waals surface area contributed by atoms with E-state index in [4.69, 9.17) is 14.6 Å². The van der Waals surface area contributed by atoms with Gasteiger partial charge in [0.25, 0.3) is 5.79 Å². The van der Waals surface area contributed by atoms with Gasteiger partial charge in [0.05, 0.1) is 0 Å². The third kappa shape index (κ3) is 3.09. The molecule has 0 aliphatic carbocycles. The summed E-state index contributed by atoms with van der Waals surface area (Å²) in [5.74, 6) is -3.81. The van der Waals surface area contributed by atoms with Crippen LogP contribution in [0.3, 0.4) is 0 Å². The monoisotopic (exact) mass is 347 g/mol. The Balaban J connectivity index is 1.83. The quantitative estimate of drug-likeness (QED) is 0.500. The zero-order chi connectivity index (χ0) is 17.5. The van der Waals surface area contributed by atoms with Gasteiger partial charge in [0, 0.05) is 30.4 Å². The second-order valence-electron chi connectivity index (χ2n) is 5.55. The molecule has 1 aromatic carbocycles. The van der Waals surface area contributed by atoms with Crippen molar-refractivity contribution >= 4 is 45.0 Å². The summed E-state index contributed by atoms with van der Waals surface area (Å²) in [6.07, 6.45) is 1.21. The molecule has 1 aliphatic rings. The third-order valence-corrected chi connectivity index (χ3v) is 4.33. The Bertz CT molecular complexity index is 873. The maximum absolute atomic E-state index is 11.8. The lowest BCUT2D eigenvalue weighted by Gasteiger charge is -2.29. The number of thiophene rings is 1. The lowest BCUT2D eigenvalue weighted by atomic mass is 10.2. The molecule has 2 N–H and O–H groups in total. The molecule has 3 rings (SSSR count). The number of carbonyl (C=O) groups is 3. The van der Waals surface area contributed by atoms with Gasteiger partial charge in [-0.15, -0.1) is 11.3 Å². The number of hydrogen-bond donors (Lipinski definition) is 2. The second kappa shape index (κ2) is 5.64. The van der Waals surface area contributed by atoms with Crippen LogP contribution in [0.15, 0.2) is 36.0 Å². The van der Waals surface area contributed by atoms with E-state index in [9.17, 15) is 14.4 Å². The van der Waals surface area contributed by atoms with Crippen LogP contribution in [-0.2, 0) is 19.1 Å². The van der Waals surface area contributed by atoms with Crippen LogP contribution in [0.1, 0.15) is 23.5 Å². The molecule has 1 fully saturated rings. The van der Waals surface area contributed by atoms with E-state index < -0.39 is 23.7 Å². The molecule has 1 saturated heterocycles. The predicted molar refractivity (Wildman–Crippen MR) is 86.8 cm³/mol. The molecule has 2 heterocycles. The number of hydrogen-bond acceptors (Lipinski definition) is 7. The van der Waals surface area contributed by atoms with Gasteiger partial charge in [-0.1, -0.05) is 0 Å². The van der Waals surface area contributed by atoms with Crippen molar-refractivity contribution < 1.29 is 29.0 Å². The molecule has 0 spiro atoms. The van der Waals surface area contributed by atoms with Crippen LogP contribution in [0.25, 0.3) is 10.1 Å². The smallest absolute Gasteiger partial charge is 0.350 e. The van der Waals surface area contributed by atoms with Gasteiger partial charge in [-0.25, -0.2) is 14.4 Å². The highest BCUT2D eigenvalue weighted by molar-refractivity contribution is 7.20. The summed E-state index contributed by atoms with van der Waals surface area (Å²) in [5.41, 5.74) is 0.348. The number of cyclic esters (lactones) is 2. The first-order chi connectivity index (χ1) is 11.2. The van der Waals surface area contributed by atoms with Gasteiger partial charge in [0.1, 0.15) is 4.88 Å². The van der Waals surface area contributed by atoms with Crippen molar-refractivity contribution in [3.63, 3.8) is 0 Å². The van der Waals surface area contributed by atoms with E-state index in [-0.39, 0.29) is 10.5 Å². The molecular formula is C16H13NO6S. The fourth-order valence-electron chi connectivity index (χ4n) is 2.17. The van der Waals surface area contributed by atoms with E-state index in [0.717, 1.165) is 10.1 Å². The Morgan fingerprint density at radius 1 is 1.21 bits per heavy atom. The molecular weight excluding hydrogens is 334 g/mol. The Morgan fingerprint density at radius 2 is 1.88 bits per heavy atom. The summed E-state index contributed by atoms with van der Waals surface area (Å²) in [6.45, 7) is 2.94. The van der Waals surface area contributed by atoms with Gasteiger partial charge in [-0.05, 0) is 29.7 Å². The Morgan fingerprint density at radius 3 is 2.50 bits per heavy atom. The SMILES string of the molecule is CC1(C)OC(=O)C(=CNc2ccc3sc(C(=O)O)cc3c2)C(=O)O1. The number of carboxylic acid groups (broad SMARTS) is 1. The van der Waals surface area contributed by atoms with E-state index in [1.54, 1.807) is 24.3 Å². The molecule has 2 aromatic rings. The van der Waals surface area contributed by atoms with Crippen LogP contribution in [0.2, 0.25) is 0 Å². The first-order valence-corrected chi connectivity index (χ1v) is 7.77. The molecule has 0 unspecified atom stereocenters. The minimum Gasteiger partial charge on any atom is -0.477 e. The van der Waals surface area contributed by atoms with Crippen LogP contribution < -0.4 is 5.32 Å². The summed E-state index contributed by atoms with van der Waals surface area (Å²) in [4.78, 5) is 34.9. The first kappa shape index (κ1) is 16.0. The van der Waals surface area contributed by atoms with Crippen molar-refractivity contribution in [1.82, 2.24) is 0 Å². The topological polar surface area (TPSA) is 102 Å². The molecule has 1 aromatic heterocycles. The first-order valence-electron chi connectivity index (χ1n) is 6.95. The van der Waals surface area contributed by atoms with E-state index in [1.807, 2.05) is 0 Å². The van der Waals surface area contributed by atoms with Gasteiger partial charge >= 0.3 is 17.9 Å². The average Bonchev–Trinajstić information content (AvgIpc) is 2.88. The number of esters is 2. The molecule has 0 atom stereocenters. The zero-order valence-electron chi connectivity index (χ0n) is 12.8. The lowest BCUT2D eigenvalue weighted by Crippen LogP contribution is -2.42. The summed E-state index contributed by atoms with van der Waals surface area (Å²) in [5, 5.41) is 12.6. The molecule has 24 heavy (non-hydrogen) atoms. The summed E-state index contributed by atoms with van der Waals surface area (Å²) in [6, 6.07) is 6.75. The molecule has 0 radical (unpaired) electrons. The van der Waals surface area contributed by atoms with Gasteiger partial charge in [-0.2, -0.15) is 0 Å². The Kier molecular flexibility index (Phi) is 3.76. The van der Waals surface area contributed by atoms with Gasteiger partial charge in [-0.3, -0.25) is 0 Å². The van der Waals surface area contributed by atoms with Gasteiger partial charge in [0.2, 0.25) is 0 Å². The molecule has 7 nitrogen and oxygen atoms in total. The van der Waals surface area contributed by atoms with E-state index in [2.05, 4.69) is 5.32 Å². The van der Waals surface area contributed by atoms with Crippen molar-refractivity contribution in [2.45, 2.75) is 19.6 Å². The molecule has 1 aliphatic heterocycles. The molecule has 8 heteroatoms. The fraction of sp³-hybridized carbons (Fsp3) is 0.188. The normalized spacial score (nSPS) is 16.5. The van der Waals surface area contributed by atoms with E-state index in [1.165, 1.54) is 31.4 Å². The van der Waals surface area contributed by atoms with Gasteiger partial charge < -0.3 is 19.9 Å². The van der Waals surface area contributed by atoms with Crippen LogP contribution in [0.5, 0.6) is 0 Å².